The van der Waals surface area contributed by atoms with E-state index in [0.29, 0.717) is 31.0 Å². The molecule has 1 unspecified atom stereocenters. The molecular formula is C29H31ClF5N5O. The maximum Gasteiger partial charge on any atom is 0.433 e. The van der Waals surface area contributed by atoms with Gasteiger partial charge in [-0.05, 0) is 42.7 Å². The molecule has 2 saturated heterocycles. The second kappa shape index (κ2) is 12.4. The Labute approximate surface area is 240 Å². The zero-order valence-corrected chi connectivity index (χ0v) is 23.1. The Bertz CT molecular complexity index is 1340. The molecular weight excluding hydrogens is 565 g/mol. The summed E-state index contributed by atoms with van der Waals surface area (Å²) in [4.78, 5) is 17.6. The normalized spacial score (nSPS) is 18.8. The average Bonchev–Trinajstić information content (AvgIpc) is 3.42. The van der Waals surface area contributed by atoms with Crippen molar-refractivity contribution < 1.29 is 26.7 Å². The van der Waals surface area contributed by atoms with Crippen LogP contribution in [0, 0.1) is 0 Å². The minimum Gasteiger partial charge on any atom is -0.369 e. The van der Waals surface area contributed by atoms with Crippen molar-refractivity contribution >= 4 is 29.3 Å². The van der Waals surface area contributed by atoms with E-state index in [2.05, 4.69) is 14.9 Å². The summed E-state index contributed by atoms with van der Waals surface area (Å²) in [6, 6.07) is 13.1. The van der Waals surface area contributed by atoms with E-state index in [-0.39, 0.29) is 19.3 Å². The van der Waals surface area contributed by atoms with Crippen LogP contribution in [0.2, 0.25) is 5.02 Å². The monoisotopic (exact) mass is 595 g/mol. The number of carbonyl (C=O) groups is 1. The fourth-order valence-electron chi connectivity index (χ4n) is 5.78. The average molecular weight is 596 g/mol. The fourth-order valence-corrected chi connectivity index (χ4v) is 5.94. The lowest BCUT2D eigenvalue weighted by atomic mass is 9.99. The second-order valence-corrected chi connectivity index (χ2v) is 10.9. The van der Waals surface area contributed by atoms with Gasteiger partial charge in [0.05, 0.1) is 17.8 Å². The minimum absolute atomic E-state index is 0.110. The van der Waals surface area contributed by atoms with Gasteiger partial charge in [-0.25, -0.2) is 8.78 Å². The van der Waals surface area contributed by atoms with E-state index in [0.717, 1.165) is 59.6 Å². The van der Waals surface area contributed by atoms with Gasteiger partial charge in [0, 0.05) is 74.2 Å². The SMILES string of the molecule is O=Cc1cnn(C2CCCN(c3cc(Cl)ccc3-c3ccc(N4CCN(CCC(F)F)CC4)cc3)C2)c1C(F)(F)F. The lowest BCUT2D eigenvalue weighted by molar-refractivity contribution is -0.145. The van der Waals surface area contributed by atoms with Crippen molar-refractivity contribution in [3.05, 3.63) is 64.9 Å². The van der Waals surface area contributed by atoms with Crippen LogP contribution in [0.4, 0.5) is 33.3 Å². The van der Waals surface area contributed by atoms with Gasteiger partial charge in [0.25, 0.3) is 0 Å². The van der Waals surface area contributed by atoms with Crippen LogP contribution in [0.25, 0.3) is 11.1 Å². The van der Waals surface area contributed by atoms with E-state index in [1.807, 2.05) is 41.3 Å². The maximum absolute atomic E-state index is 13.8. The zero-order valence-electron chi connectivity index (χ0n) is 22.3. The molecule has 3 heterocycles. The first-order valence-electron chi connectivity index (χ1n) is 13.6. The summed E-state index contributed by atoms with van der Waals surface area (Å²) in [5.41, 5.74) is 2.22. The highest BCUT2D eigenvalue weighted by molar-refractivity contribution is 6.31. The van der Waals surface area contributed by atoms with Gasteiger partial charge in [-0.1, -0.05) is 29.8 Å². The standard InChI is InChI=1S/C29H31ClF5N5O/c30-22-5-8-25(20-3-6-23(7-4-20)38-14-12-37(13-15-38)11-9-27(31)32)26(16-22)39-10-1-2-24(18-39)40-28(29(33,34)35)21(19-41)17-36-40/h3-8,16-17,19,24,27H,1-2,9-15,18H2. The first kappa shape index (κ1) is 29.3. The molecule has 2 aliphatic heterocycles. The molecule has 2 aromatic carbocycles. The molecule has 0 N–H and O–H groups in total. The molecule has 0 spiro atoms. The molecule has 1 atom stereocenters. The zero-order chi connectivity index (χ0) is 29.1. The molecule has 0 radical (unpaired) electrons. The van der Waals surface area contributed by atoms with Gasteiger partial charge in [0.2, 0.25) is 6.43 Å². The summed E-state index contributed by atoms with van der Waals surface area (Å²) in [5, 5.41) is 4.47. The molecule has 12 heteroatoms. The van der Waals surface area contributed by atoms with Crippen LogP contribution in [0.1, 0.15) is 41.4 Å². The van der Waals surface area contributed by atoms with Crippen LogP contribution in [0.3, 0.4) is 0 Å². The number of anilines is 2. The highest BCUT2D eigenvalue weighted by Gasteiger charge is 2.40. The van der Waals surface area contributed by atoms with Crippen LogP contribution in [0.15, 0.2) is 48.7 Å². The topological polar surface area (TPSA) is 44.6 Å². The Balaban J connectivity index is 1.34. The summed E-state index contributed by atoms with van der Waals surface area (Å²) < 4.78 is 67.5. The van der Waals surface area contributed by atoms with Gasteiger partial charge in [0.15, 0.2) is 12.0 Å². The van der Waals surface area contributed by atoms with Crippen molar-refractivity contribution in [2.75, 3.05) is 55.6 Å². The summed E-state index contributed by atoms with van der Waals surface area (Å²) in [5.74, 6) is 0. The van der Waals surface area contributed by atoms with E-state index >= 15 is 0 Å². The van der Waals surface area contributed by atoms with E-state index in [9.17, 15) is 26.7 Å². The quantitative estimate of drug-likeness (QED) is 0.215. The molecule has 6 nitrogen and oxygen atoms in total. The van der Waals surface area contributed by atoms with Crippen LogP contribution in [0.5, 0.6) is 0 Å². The van der Waals surface area contributed by atoms with E-state index in [1.165, 1.54) is 0 Å². The Kier molecular flexibility index (Phi) is 8.84. The van der Waals surface area contributed by atoms with E-state index in [1.54, 1.807) is 6.07 Å². The number of benzene rings is 2. The molecule has 2 fully saturated rings. The number of rotatable bonds is 8. The van der Waals surface area contributed by atoms with Gasteiger partial charge < -0.3 is 9.80 Å². The Morgan fingerprint density at radius 3 is 2.39 bits per heavy atom. The molecule has 220 valence electrons. The molecule has 5 rings (SSSR count). The molecule has 0 amide bonds. The van der Waals surface area contributed by atoms with Crippen molar-refractivity contribution in [3.63, 3.8) is 0 Å². The van der Waals surface area contributed by atoms with Gasteiger partial charge in [-0.15, -0.1) is 0 Å². The van der Waals surface area contributed by atoms with Crippen LogP contribution in [-0.4, -0.2) is 73.2 Å². The van der Waals surface area contributed by atoms with E-state index in [4.69, 9.17) is 11.6 Å². The van der Waals surface area contributed by atoms with Crippen LogP contribution >= 0.6 is 11.6 Å². The Morgan fingerprint density at radius 1 is 1.00 bits per heavy atom. The number of hydrogen-bond acceptors (Lipinski definition) is 5. The molecule has 0 saturated carbocycles. The number of nitrogens with zero attached hydrogens (tertiary/aromatic N) is 5. The third-order valence-electron chi connectivity index (χ3n) is 7.84. The first-order valence-corrected chi connectivity index (χ1v) is 14.0. The van der Waals surface area contributed by atoms with Crippen molar-refractivity contribution in [3.8, 4) is 11.1 Å². The summed E-state index contributed by atoms with van der Waals surface area (Å²) in [7, 11) is 0. The lowest BCUT2D eigenvalue weighted by Crippen LogP contribution is -2.46. The van der Waals surface area contributed by atoms with Gasteiger partial charge in [-0.2, -0.15) is 18.3 Å². The highest BCUT2D eigenvalue weighted by Crippen LogP contribution is 2.39. The van der Waals surface area contributed by atoms with Crippen molar-refractivity contribution in [1.82, 2.24) is 14.7 Å². The minimum atomic E-state index is -4.70. The fraction of sp³-hybridized carbons (Fsp3) is 0.448. The van der Waals surface area contributed by atoms with E-state index < -0.39 is 29.9 Å². The number of alkyl halides is 5. The Morgan fingerprint density at radius 2 is 1.73 bits per heavy atom. The number of piperidine rings is 1. The number of hydrogen-bond donors (Lipinski definition) is 0. The third kappa shape index (κ3) is 6.67. The first-order chi connectivity index (χ1) is 19.6. The lowest BCUT2D eigenvalue weighted by Gasteiger charge is -2.37. The van der Waals surface area contributed by atoms with Crippen LogP contribution < -0.4 is 9.80 Å². The van der Waals surface area contributed by atoms with Gasteiger partial charge in [0.1, 0.15) is 0 Å². The highest BCUT2D eigenvalue weighted by atomic mass is 35.5. The van der Waals surface area contributed by atoms with Gasteiger partial charge in [-0.3, -0.25) is 14.4 Å². The molecule has 2 aliphatic rings. The summed E-state index contributed by atoms with van der Waals surface area (Å²) in [6.45, 7) is 4.29. The number of aromatic nitrogens is 2. The predicted molar refractivity (Wildman–Crippen MR) is 149 cm³/mol. The number of carbonyl (C=O) groups excluding carboxylic acids is 1. The maximum atomic E-state index is 13.8. The third-order valence-corrected chi connectivity index (χ3v) is 8.08. The second-order valence-electron chi connectivity index (χ2n) is 10.5. The van der Waals surface area contributed by atoms with Crippen LogP contribution in [-0.2, 0) is 6.18 Å². The molecule has 41 heavy (non-hydrogen) atoms. The largest absolute Gasteiger partial charge is 0.433 e. The summed E-state index contributed by atoms with van der Waals surface area (Å²) in [6.07, 6.45) is -4.78. The molecule has 0 aliphatic carbocycles. The summed E-state index contributed by atoms with van der Waals surface area (Å²) >= 11 is 6.38. The van der Waals surface area contributed by atoms with Crippen molar-refractivity contribution in [2.24, 2.45) is 0 Å². The smallest absolute Gasteiger partial charge is 0.369 e. The number of halogens is 6. The Hall–Kier alpha value is -3.18. The van der Waals surface area contributed by atoms with Gasteiger partial charge >= 0.3 is 6.18 Å². The molecule has 3 aromatic rings. The number of aldehydes is 1. The number of piperazine rings is 1. The molecule has 0 bridgehead atoms. The molecule has 1 aromatic heterocycles. The predicted octanol–water partition coefficient (Wildman–Crippen LogP) is 6.65. The van der Waals surface area contributed by atoms with Crippen molar-refractivity contribution in [1.29, 1.82) is 0 Å². The van der Waals surface area contributed by atoms with Crippen molar-refractivity contribution in [2.45, 2.75) is 37.9 Å².